The van der Waals surface area contributed by atoms with Gasteiger partial charge >= 0.3 is 0 Å². The number of likely N-dealkylation sites (tertiary alicyclic amines) is 1. The van der Waals surface area contributed by atoms with E-state index in [1.807, 2.05) is 41.3 Å². The second-order valence-corrected chi connectivity index (χ2v) is 9.36. The average molecular weight is 424 g/mol. The maximum atomic E-state index is 12.9. The number of aromatic nitrogens is 2. The highest BCUT2D eigenvalue weighted by Crippen LogP contribution is 2.35. The lowest BCUT2D eigenvalue weighted by molar-refractivity contribution is -0.140. The van der Waals surface area contributed by atoms with Gasteiger partial charge in [0.15, 0.2) is 0 Å². The molecule has 4 aromatic rings. The molecule has 29 heavy (non-hydrogen) atoms. The Kier molecular flexibility index (Phi) is 5.26. The smallest absolute Gasteiger partial charge is 0.249 e. The van der Waals surface area contributed by atoms with Crippen LogP contribution in [0, 0.1) is 0 Å². The minimum Gasteiger partial charge on any atom is -0.364 e. The molecule has 0 spiro atoms. The Bertz CT molecular complexity index is 1090. The van der Waals surface area contributed by atoms with Crippen LogP contribution in [0.1, 0.15) is 35.3 Å². The number of hydrogen-bond donors (Lipinski definition) is 0. The van der Waals surface area contributed by atoms with E-state index in [1.165, 1.54) is 4.70 Å². The Hall–Kier alpha value is -2.35. The molecule has 148 valence electrons. The van der Waals surface area contributed by atoms with Crippen LogP contribution in [-0.2, 0) is 16.1 Å². The molecule has 0 radical (unpaired) electrons. The van der Waals surface area contributed by atoms with E-state index >= 15 is 0 Å². The van der Waals surface area contributed by atoms with Crippen molar-refractivity contribution in [3.8, 4) is 0 Å². The number of amides is 1. The standard InChI is InChI=1S/C22H21N3O2S2/c26-21(14-27-13-20-23-15-7-1-3-10-18(15)28-20)25-12-6-5-9-17(25)22-24-16-8-2-4-11-19(16)29-22/h1-4,7-8,10-11,17H,5-6,9,12-14H2/t17-/m0/s1. The number of thiazole rings is 2. The Morgan fingerprint density at radius 2 is 1.72 bits per heavy atom. The molecule has 0 aliphatic carbocycles. The third-order valence-corrected chi connectivity index (χ3v) is 7.36. The molecule has 0 N–H and O–H groups in total. The van der Waals surface area contributed by atoms with E-state index in [0.717, 1.165) is 51.6 Å². The topological polar surface area (TPSA) is 55.3 Å². The Morgan fingerprint density at radius 3 is 2.48 bits per heavy atom. The van der Waals surface area contributed by atoms with Gasteiger partial charge in [-0.25, -0.2) is 9.97 Å². The number of hydrogen-bond acceptors (Lipinski definition) is 6. The minimum atomic E-state index is 0.0371. The molecule has 1 aliphatic rings. The summed E-state index contributed by atoms with van der Waals surface area (Å²) >= 11 is 3.31. The fourth-order valence-electron chi connectivity index (χ4n) is 3.81. The van der Waals surface area contributed by atoms with Gasteiger partial charge in [0.25, 0.3) is 0 Å². The van der Waals surface area contributed by atoms with E-state index in [-0.39, 0.29) is 18.6 Å². The molecule has 5 rings (SSSR count). The van der Waals surface area contributed by atoms with E-state index in [2.05, 4.69) is 17.1 Å². The minimum absolute atomic E-state index is 0.0371. The molecule has 7 heteroatoms. The fraction of sp³-hybridized carbons (Fsp3) is 0.318. The zero-order valence-electron chi connectivity index (χ0n) is 15.9. The van der Waals surface area contributed by atoms with Gasteiger partial charge in [0.2, 0.25) is 5.91 Å². The number of ether oxygens (including phenoxy) is 1. The van der Waals surface area contributed by atoms with Crippen LogP contribution in [0.2, 0.25) is 0 Å². The molecule has 0 bridgehead atoms. The molecular weight excluding hydrogens is 402 g/mol. The van der Waals surface area contributed by atoms with Crippen molar-refractivity contribution in [1.29, 1.82) is 0 Å². The van der Waals surface area contributed by atoms with Crippen LogP contribution in [0.15, 0.2) is 48.5 Å². The fourth-order valence-corrected chi connectivity index (χ4v) is 5.83. The first-order valence-corrected chi connectivity index (χ1v) is 11.5. The molecule has 1 saturated heterocycles. The summed E-state index contributed by atoms with van der Waals surface area (Å²) in [7, 11) is 0. The van der Waals surface area contributed by atoms with E-state index in [9.17, 15) is 4.79 Å². The van der Waals surface area contributed by atoms with Gasteiger partial charge in [-0.2, -0.15) is 0 Å². The van der Waals surface area contributed by atoms with Gasteiger partial charge in [-0.05, 0) is 43.5 Å². The Labute approximate surface area is 177 Å². The lowest BCUT2D eigenvalue weighted by Gasteiger charge is -2.34. The quantitative estimate of drug-likeness (QED) is 0.444. The van der Waals surface area contributed by atoms with Crippen molar-refractivity contribution in [2.24, 2.45) is 0 Å². The van der Waals surface area contributed by atoms with Gasteiger partial charge in [0.1, 0.15) is 16.6 Å². The summed E-state index contributed by atoms with van der Waals surface area (Å²) in [4.78, 5) is 24.2. The Morgan fingerprint density at radius 1 is 1.00 bits per heavy atom. The van der Waals surface area contributed by atoms with Gasteiger partial charge in [-0.3, -0.25) is 4.79 Å². The number of carbonyl (C=O) groups is 1. The number of nitrogens with zero attached hydrogens (tertiary/aromatic N) is 3. The highest BCUT2D eigenvalue weighted by molar-refractivity contribution is 7.18. The summed E-state index contributed by atoms with van der Waals surface area (Å²) in [5, 5.41) is 1.94. The molecular formula is C22H21N3O2S2. The van der Waals surface area contributed by atoms with Gasteiger partial charge < -0.3 is 9.64 Å². The second-order valence-electron chi connectivity index (χ2n) is 7.19. The number of piperidine rings is 1. The highest BCUT2D eigenvalue weighted by atomic mass is 32.1. The van der Waals surface area contributed by atoms with Crippen LogP contribution < -0.4 is 0 Å². The van der Waals surface area contributed by atoms with E-state index in [1.54, 1.807) is 22.7 Å². The SMILES string of the molecule is O=C(COCc1nc2ccccc2s1)N1CCCC[C@H]1c1nc2ccccc2s1. The summed E-state index contributed by atoms with van der Waals surface area (Å²) < 4.78 is 8.06. The van der Waals surface area contributed by atoms with Gasteiger partial charge in [-0.15, -0.1) is 22.7 Å². The van der Waals surface area contributed by atoms with Gasteiger partial charge in [0.05, 0.1) is 33.1 Å². The summed E-state index contributed by atoms with van der Waals surface area (Å²) in [6.45, 7) is 1.21. The number of fused-ring (bicyclic) bond motifs is 2. The van der Waals surface area contributed by atoms with Crippen molar-refractivity contribution < 1.29 is 9.53 Å². The monoisotopic (exact) mass is 423 g/mol. The summed E-state index contributed by atoms with van der Waals surface area (Å²) in [5.74, 6) is 0.0371. The molecule has 2 aromatic carbocycles. The van der Waals surface area contributed by atoms with Crippen LogP contribution in [0.4, 0.5) is 0 Å². The zero-order chi connectivity index (χ0) is 19.6. The van der Waals surface area contributed by atoms with Crippen LogP contribution >= 0.6 is 22.7 Å². The molecule has 1 fully saturated rings. The number of carbonyl (C=O) groups excluding carboxylic acids is 1. The lowest BCUT2D eigenvalue weighted by atomic mass is 10.0. The van der Waals surface area contributed by atoms with Crippen molar-refractivity contribution >= 4 is 49.0 Å². The maximum absolute atomic E-state index is 12.9. The first kappa shape index (κ1) is 18.7. The molecule has 2 aromatic heterocycles. The third-order valence-electron chi connectivity index (χ3n) is 5.21. The van der Waals surface area contributed by atoms with Crippen molar-refractivity contribution in [1.82, 2.24) is 14.9 Å². The van der Waals surface area contributed by atoms with E-state index < -0.39 is 0 Å². The average Bonchev–Trinajstić information content (AvgIpc) is 3.37. The molecule has 1 atom stereocenters. The maximum Gasteiger partial charge on any atom is 0.249 e. The molecule has 1 aliphatic heterocycles. The van der Waals surface area contributed by atoms with Gasteiger partial charge in [0, 0.05) is 6.54 Å². The largest absolute Gasteiger partial charge is 0.364 e. The van der Waals surface area contributed by atoms with Crippen molar-refractivity contribution in [3.63, 3.8) is 0 Å². The third kappa shape index (κ3) is 3.90. The first-order valence-electron chi connectivity index (χ1n) is 9.85. The normalized spacial score (nSPS) is 17.2. The van der Waals surface area contributed by atoms with Crippen LogP contribution in [0.3, 0.4) is 0 Å². The number of para-hydroxylation sites is 2. The molecule has 3 heterocycles. The number of rotatable bonds is 5. The van der Waals surface area contributed by atoms with Gasteiger partial charge in [-0.1, -0.05) is 24.3 Å². The van der Waals surface area contributed by atoms with Crippen molar-refractivity contribution in [3.05, 3.63) is 58.5 Å². The Balaban J connectivity index is 1.25. The molecule has 5 nitrogen and oxygen atoms in total. The summed E-state index contributed by atoms with van der Waals surface area (Å²) in [5.41, 5.74) is 1.99. The predicted octanol–water partition coefficient (Wildman–Crippen LogP) is 5.18. The van der Waals surface area contributed by atoms with Crippen LogP contribution in [0.5, 0.6) is 0 Å². The van der Waals surface area contributed by atoms with Crippen LogP contribution in [0.25, 0.3) is 20.4 Å². The first-order chi connectivity index (χ1) is 14.3. The molecule has 0 unspecified atom stereocenters. The van der Waals surface area contributed by atoms with E-state index in [0.29, 0.717) is 6.61 Å². The zero-order valence-corrected chi connectivity index (χ0v) is 17.5. The lowest BCUT2D eigenvalue weighted by Crippen LogP contribution is -2.40. The molecule has 1 amide bonds. The summed E-state index contributed by atoms with van der Waals surface area (Å²) in [6.07, 6.45) is 3.12. The predicted molar refractivity (Wildman–Crippen MR) is 117 cm³/mol. The number of benzene rings is 2. The van der Waals surface area contributed by atoms with Crippen LogP contribution in [-0.4, -0.2) is 33.9 Å². The second kappa shape index (κ2) is 8.18. The summed E-state index contributed by atoms with van der Waals surface area (Å²) in [6, 6.07) is 16.3. The van der Waals surface area contributed by atoms with Crippen molar-refractivity contribution in [2.45, 2.75) is 31.9 Å². The highest BCUT2D eigenvalue weighted by Gasteiger charge is 2.30. The van der Waals surface area contributed by atoms with Crippen molar-refractivity contribution in [2.75, 3.05) is 13.2 Å². The van der Waals surface area contributed by atoms with E-state index in [4.69, 9.17) is 9.72 Å². The molecule has 0 saturated carbocycles.